The van der Waals surface area contributed by atoms with E-state index in [0.717, 1.165) is 66.3 Å². The Morgan fingerprint density at radius 1 is 0.368 bits per heavy atom. The zero-order valence-corrected chi connectivity index (χ0v) is 36.2. The summed E-state index contributed by atoms with van der Waals surface area (Å²) in [5, 5.41) is 13.2. The van der Waals surface area contributed by atoms with Crippen LogP contribution in [0, 0.1) is 11.3 Å². The van der Waals surface area contributed by atoms with Gasteiger partial charge in [0.1, 0.15) is 5.56 Å². The highest BCUT2D eigenvalue weighted by Gasteiger charge is 2.39. The van der Waals surface area contributed by atoms with Crippen LogP contribution in [0.4, 0.5) is 13.2 Å². The normalized spacial score (nSPS) is 11.7. The fourth-order valence-electron chi connectivity index (χ4n) is 9.77. The lowest BCUT2D eigenvalue weighted by Crippen LogP contribution is -2.16. The van der Waals surface area contributed by atoms with Gasteiger partial charge in [0.15, 0.2) is 0 Å². The van der Waals surface area contributed by atoms with Crippen molar-refractivity contribution in [2.24, 2.45) is 0 Å². The molecule has 0 saturated heterocycles. The Balaban J connectivity index is 1.12. The molecule has 0 N–H and O–H groups in total. The minimum absolute atomic E-state index is 0.0330. The molecule has 12 rings (SSSR count). The minimum atomic E-state index is -4.83. The largest absolute Gasteiger partial charge is 0.420 e. The summed E-state index contributed by atoms with van der Waals surface area (Å²) < 4.78 is 53.3. The summed E-state index contributed by atoms with van der Waals surface area (Å²) in [6, 6.07) is 67.5. The molecule has 4 heterocycles. The molecule has 0 saturated carbocycles. The van der Waals surface area contributed by atoms with Crippen molar-refractivity contribution in [2.45, 2.75) is 6.18 Å². The first-order chi connectivity index (χ1) is 33.3. The van der Waals surface area contributed by atoms with Crippen LogP contribution in [-0.2, 0) is 6.18 Å². The van der Waals surface area contributed by atoms with Crippen LogP contribution in [0.1, 0.15) is 11.1 Å². The molecule has 4 aromatic heterocycles. The van der Waals surface area contributed by atoms with E-state index in [1.54, 1.807) is 51.9 Å². The molecule has 0 amide bonds. The predicted octanol–water partition coefficient (Wildman–Crippen LogP) is 15.9. The Kier molecular flexibility index (Phi) is 9.59. The van der Waals surface area contributed by atoms with E-state index in [4.69, 9.17) is 0 Å². The van der Waals surface area contributed by atoms with Gasteiger partial charge in [0.25, 0.3) is 0 Å². The first-order valence-electron chi connectivity index (χ1n) is 22.2. The molecule has 0 bridgehead atoms. The van der Waals surface area contributed by atoms with E-state index in [1.807, 2.05) is 164 Å². The van der Waals surface area contributed by atoms with Crippen LogP contribution in [0.15, 0.2) is 219 Å². The van der Waals surface area contributed by atoms with Gasteiger partial charge in [-0.05, 0) is 118 Å². The van der Waals surface area contributed by atoms with Crippen LogP contribution < -0.4 is 0 Å². The van der Waals surface area contributed by atoms with E-state index >= 15 is 13.2 Å². The van der Waals surface area contributed by atoms with Crippen molar-refractivity contribution in [1.82, 2.24) is 19.1 Å². The van der Waals surface area contributed by atoms with E-state index in [-0.39, 0.29) is 11.4 Å². The number of nitriles is 1. The zero-order valence-electron chi connectivity index (χ0n) is 36.2. The summed E-state index contributed by atoms with van der Waals surface area (Å²) in [6.07, 6.45) is -1.26. The number of alkyl halides is 3. The number of hydrogen-bond donors (Lipinski definition) is 0. The van der Waals surface area contributed by atoms with Crippen molar-refractivity contribution in [3.05, 3.63) is 230 Å². The van der Waals surface area contributed by atoms with Crippen LogP contribution in [0.5, 0.6) is 0 Å². The van der Waals surface area contributed by atoms with Crippen LogP contribution >= 0.6 is 0 Å². The first kappa shape index (κ1) is 40.4. The molecule has 0 radical (unpaired) electrons. The number of fused-ring (bicyclic) bond motifs is 6. The summed E-state index contributed by atoms with van der Waals surface area (Å²) in [6.45, 7) is 0. The van der Waals surface area contributed by atoms with Crippen LogP contribution in [0.2, 0.25) is 0 Å². The van der Waals surface area contributed by atoms with E-state index in [9.17, 15) is 5.26 Å². The summed E-state index contributed by atoms with van der Waals surface area (Å²) >= 11 is 0. The van der Waals surface area contributed by atoms with Crippen molar-refractivity contribution < 1.29 is 13.2 Å². The maximum absolute atomic E-state index is 16.6. The smallest absolute Gasteiger partial charge is 0.309 e. The first-order valence-corrected chi connectivity index (χ1v) is 22.2. The molecular weight excluding hydrogens is 848 g/mol. The number of rotatable bonds is 7. The third-order valence-corrected chi connectivity index (χ3v) is 12.9. The number of pyridine rings is 2. The maximum atomic E-state index is 16.6. The van der Waals surface area contributed by atoms with Crippen LogP contribution in [-0.4, -0.2) is 19.1 Å². The Hall–Kier alpha value is -9.06. The van der Waals surface area contributed by atoms with Gasteiger partial charge in [0.05, 0.1) is 56.5 Å². The number of para-hydroxylation sites is 2. The summed E-state index contributed by atoms with van der Waals surface area (Å²) in [4.78, 5) is 9.27. The van der Waals surface area contributed by atoms with Crippen molar-refractivity contribution in [3.63, 3.8) is 0 Å². The SMILES string of the molecule is N#Cc1cccc(-c2cc(-n3c4ccccc4c4cc(-c5ccnc(-c6ccccc6)c5)ccc43)c(C(F)(F)F)c(-n3c4ccccc4c4cc(-c5ccnc(-c6ccccc6)c5)ccc43)c2)c1. The lowest BCUT2D eigenvalue weighted by atomic mass is 9.98. The highest BCUT2D eigenvalue weighted by atomic mass is 19.4. The zero-order chi connectivity index (χ0) is 45.9. The average molecular weight is 884 g/mol. The lowest BCUT2D eigenvalue weighted by molar-refractivity contribution is -0.137. The minimum Gasteiger partial charge on any atom is -0.309 e. The molecule has 8 aromatic carbocycles. The van der Waals surface area contributed by atoms with Gasteiger partial charge in [-0.1, -0.05) is 121 Å². The standard InChI is InChI=1S/C60H36F3N5/c61-60(62,63)59-57(67-53-20-9-7-18-47(53)49-31-42(22-24-55(49)67)44-26-28-65-51(33-44)39-13-3-1-4-14-39)35-46(41-17-11-12-38(30-41)37-64)36-58(59)68-54-21-10-8-19-48(54)50-32-43(23-25-56(50)68)45-27-29-66-52(34-45)40-15-5-2-6-16-40/h1-36H. The summed E-state index contributed by atoms with van der Waals surface area (Å²) in [5.41, 5.74) is 10.5. The molecule has 0 aliphatic carbocycles. The number of hydrogen-bond acceptors (Lipinski definition) is 3. The molecule has 0 spiro atoms. The van der Waals surface area contributed by atoms with E-state index < -0.39 is 11.7 Å². The number of aromatic nitrogens is 4. The van der Waals surface area contributed by atoms with Gasteiger partial charge in [0.2, 0.25) is 0 Å². The molecule has 0 atom stereocenters. The second-order valence-electron chi connectivity index (χ2n) is 16.8. The van der Waals surface area contributed by atoms with Crippen molar-refractivity contribution in [3.8, 4) is 73.3 Å². The monoisotopic (exact) mass is 883 g/mol. The molecule has 12 aromatic rings. The van der Waals surface area contributed by atoms with Crippen molar-refractivity contribution >= 4 is 43.6 Å². The molecule has 0 fully saturated rings. The molecule has 5 nitrogen and oxygen atoms in total. The molecule has 0 unspecified atom stereocenters. The van der Waals surface area contributed by atoms with Crippen molar-refractivity contribution in [2.75, 3.05) is 0 Å². The summed E-state index contributed by atoms with van der Waals surface area (Å²) in [5.74, 6) is 0. The third-order valence-electron chi connectivity index (χ3n) is 12.9. The van der Waals surface area contributed by atoms with Crippen LogP contribution in [0.25, 0.3) is 111 Å². The molecule has 322 valence electrons. The molecule has 68 heavy (non-hydrogen) atoms. The maximum Gasteiger partial charge on any atom is 0.420 e. The van der Waals surface area contributed by atoms with Gasteiger partial charge in [-0.25, -0.2) is 0 Å². The fourth-order valence-corrected chi connectivity index (χ4v) is 9.77. The summed E-state index contributed by atoms with van der Waals surface area (Å²) in [7, 11) is 0. The topological polar surface area (TPSA) is 59.4 Å². The van der Waals surface area contributed by atoms with E-state index in [0.29, 0.717) is 38.8 Å². The second kappa shape index (κ2) is 16.1. The quantitative estimate of drug-likeness (QED) is 0.160. The third kappa shape index (κ3) is 6.88. The van der Waals surface area contributed by atoms with Gasteiger partial charge in [0, 0.05) is 45.1 Å². The van der Waals surface area contributed by atoms with Gasteiger partial charge < -0.3 is 9.13 Å². The van der Waals surface area contributed by atoms with Gasteiger partial charge in [-0.3, -0.25) is 9.97 Å². The molecular formula is C60H36F3N5. The number of nitrogens with zero attached hydrogens (tertiary/aromatic N) is 5. The van der Waals surface area contributed by atoms with Crippen molar-refractivity contribution in [1.29, 1.82) is 5.26 Å². The molecule has 8 heteroatoms. The molecule has 0 aliphatic rings. The lowest BCUT2D eigenvalue weighted by Gasteiger charge is -2.23. The Labute approximate surface area is 388 Å². The van der Waals surface area contributed by atoms with E-state index in [2.05, 4.69) is 28.2 Å². The van der Waals surface area contributed by atoms with Gasteiger partial charge in [-0.2, -0.15) is 18.4 Å². The second-order valence-corrected chi connectivity index (χ2v) is 16.8. The Morgan fingerprint density at radius 3 is 1.28 bits per heavy atom. The van der Waals surface area contributed by atoms with Gasteiger partial charge in [-0.15, -0.1) is 0 Å². The fraction of sp³-hybridized carbons (Fsp3) is 0.0167. The molecule has 0 aliphatic heterocycles. The average Bonchev–Trinajstić information content (AvgIpc) is 3.91. The number of benzene rings is 8. The predicted molar refractivity (Wildman–Crippen MR) is 268 cm³/mol. The Bertz CT molecular complexity index is 3750. The van der Waals surface area contributed by atoms with Crippen LogP contribution in [0.3, 0.4) is 0 Å². The Morgan fingerprint density at radius 2 is 0.794 bits per heavy atom. The van der Waals surface area contributed by atoms with Gasteiger partial charge >= 0.3 is 6.18 Å². The highest BCUT2D eigenvalue weighted by molar-refractivity contribution is 6.12. The number of halogens is 3. The van der Waals surface area contributed by atoms with E-state index in [1.165, 1.54) is 0 Å². The highest BCUT2D eigenvalue weighted by Crippen LogP contribution is 2.47.